The van der Waals surface area contributed by atoms with E-state index in [0.717, 1.165) is 24.2 Å². The number of amides is 1. The summed E-state index contributed by atoms with van der Waals surface area (Å²) in [4.78, 5) is 13.8. The molecule has 1 aliphatic heterocycles. The molecule has 1 unspecified atom stereocenters. The van der Waals surface area contributed by atoms with Gasteiger partial charge < -0.3 is 9.64 Å². The predicted molar refractivity (Wildman–Crippen MR) is 66.9 cm³/mol. The van der Waals surface area contributed by atoms with Crippen LogP contribution in [-0.4, -0.2) is 24.0 Å². The first-order valence-electron chi connectivity index (χ1n) is 6.13. The molecular weight excluding hydrogens is 214 g/mol. The van der Waals surface area contributed by atoms with Gasteiger partial charge in [-0.2, -0.15) is 0 Å². The Hall–Kier alpha value is -1.51. The molecule has 2 rings (SSSR count). The lowest BCUT2D eigenvalue weighted by Gasteiger charge is -2.33. The van der Waals surface area contributed by atoms with Crippen molar-refractivity contribution in [2.75, 3.05) is 7.11 Å². The Balaban J connectivity index is 2.05. The van der Waals surface area contributed by atoms with Crippen molar-refractivity contribution in [2.24, 2.45) is 0 Å². The fourth-order valence-corrected chi connectivity index (χ4v) is 2.27. The summed E-state index contributed by atoms with van der Waals surface area (Å²) in [5.74, 6) is 1.13. The summed E-state index contributed by atoms with van der Waals surface area (Å²) in [5, 5.41) is 0. The number of carbonyl (C=O) groups excluding carboxylic acids is 1. The third-order valence-corrected chi connectivity index (χ3v) is 3.38. The van der Waals surface area contributed by atoms with Crippen molar-refractivity contribution in [3.05, 3.63) is 29.8 Å². The molecule has 1 amide bonds. The lowest BCUT2D eigenvalue weighted by atomic mass is 10.0. The van der Waals surface area contributed by atoms with E-state index in [1.54, 1.807) is 7.11 Å². The summed E-state index contributed by atoms with van der Waals surface area (Å²) in [5.41, 5.74) is 1.16. The number of hydrogen-bond donors (Lipinski definition) is 0. The molecule has 1 aromatic rings. The van der Waals surface area contributed by atoms with E-state index in [-0.39, 0.29) is 5.91 Å². The van der Waals surface area contributed by atoms with Crippen LogP contribution >= 0.6 is 0 Å². The van der Waals surface area contributed by atoms with Crippen molar-refractivity contribution in [3.63, 3.8) is 0 Å². The van der Waals surface area contributed by atoms with E-state index in [0.29, 0.717) is 19.0 Å². The van der Waals surface area contributed by atoms with Crippen LogP contribution in [0.5, 0.6) is 5.75 Å². The van der Waals surface area contributed by atoms with Gasteiger partial charge in [0.25, 0.3) is 0 Å². The highest BCUT2D eigenvalue weighted by Gasteiger charge is 2.24. The number of rotatable bonds is 3. The number of nitrogens with zero attached hydrogens (tertiary/aromatic N) is 1. The maximum atomic E-state index is 11.8. The van der Waals surface area contributed by atoms with Gasteiger partial charge in [-0.3, -0.25) is 4.79 Å². The van der Waals surface area contributed by atoms with Crippen molar-refractivity contribution in [3.8, 4) is 5.75 Å². The second-order valence-corrected chi connectivity index (χ2v) is 4.61. The summed E-state index contributed by atoms with van der Waals surface area (Å²) in [7, 11) is 1.66. The lowest BCUT2D eigenvalue weighted by molar-refractivity contribution is -0.136. The van der Waals surface area contributed by atoms with E-state index in [4.69, 9.17) is 4.74 Å². The van der Waals surface area contributed by atoms with Crippen LogP contribution in [0.25, 0.3) is 0 Å². The minimum atomic E-state index is 0.277. The molecule has 1 aromatic carbocycles. The largest absolute Gasteiger partial charge is 0.497 e. The van der Waals surface area contributed by atoms with Gasteiger partial charge in [-0.1, -0.05) is 12.1 Å². The Labute approximate surface area is 102 Å². The van der Waals surface area contributed by atoms with Crippen molar-refractivity contribution in [1.82, 2.24) is 4.90 Å². The van der Waals surface area contributed by atoms with Gasteiger partial charge in [-0.15, -0.1) is 0 Å². The minimum absolute atomic E-state index is 0.277. The second-order valence-electron chi connectivity index (χ2n) is 4.61. The van der Waals surface area contributed by atoms with E-state index < -0.39 is 0 Å². The normalized spacial score (nSPS) is 20.5. The molecule has 0 aromatic heterocycles. The first kappa shape index (κ1) is 12.0. The zero-order valence-corrected chi connectivity index (χ0v) is 10.5. The number of piperidine rings is 1. The molecule has 0 saturated carbocycles. The number of methoxy groups -OCH3 is 1. The molecule has 0 radical (unpaired) electrons. The molecule has 1 heterocycles. The zero-order valence-electron chi connectivity index (χ0n) is 10.5. The highest BCUT2D eigenvalue weighted by atomic mass is 16.5. The van der Waals surface area contributed by atoms with Crippen molar-refractivity contribution in [2.45, 2.75) is 38.8 Å². The van der Waals surface area contributed by atoms with Gasteiger partial charge >= 0.3 is 0 Å². The van der Waals surface area contributed by atoms with Crippen LogP contribution in [0.2, 0.25) is 0 Å². The number of carbonyl (C=O) groups is 1. The van der Waals surface area contributed by atoms with Crippen molar-refractivity contribution in [1.29, 1.82) is 0 Å². The maximum Gasteiger partial charge on any atom is 0.223 e. The van der Waals surface area contributed by atoms with Gasteiger partial charge in [0.1, 0.15) is 5.75 Å². The van der Waals surface area contributed by atoms with E-state index in [1.807, 2.05) is 29.2 Å². The van der Waals surface area contributed by atoms with Gasteiger partial charge in [-0.25, -0.2) is 0 Å². The second kappa shape index (κ2) is 5.21. The summed E-state index contributed by atoms with van der Waals surface area (Å²) in [6.45, 7) is 2.84. The van der Waals surface area contributed by atoms with Crippen LogP contribution < -0.4 is 4.74 Å². The standard InChI is InChI=1S/C14H19NO2/c1-11-4-3-5-14(16)15(11)10-12-6-8-13(17-2)9-7-12/h6-9,11H,3-5,10H2,1-2H3. The minimum Gasteiger partial charge on any atom is -0.497 e. The van der Waals surface area contributed by atoms with Gasteiger partial charge in [0.15, 0.2) is 0 Å². The molecule has 1 fully saturated rings. The van der Waals surface area contributed by atoms with Crippen LogP contribution in [0.4, 0.5) is 0 Å². The van der Waals surface area contributed by atoms with E-state index in [9.17, 15) is 4.79 Å². The van der Waals surface area contributed by atoms with Crippen LogP contribution in [0.1, 0.15) is 31.7 Å². The summed E-state index contributed by atoms with van der Waals surface area (Å²) in [6.07, 6.45) is 2.83. The molecule has 1 atom stereocenters. The predicted octanol–water partition coefficient (Wildman–Crippen LogP) is 2.60. The molecule has 0 bridgehead atoms. The lowest BCUT2D eigenvalue weighted by Crippen LogP contribution is -2.41. The third kappa shape index (κ3) is 2.78. The highest BCUT2D eigenvalue weighted by molar-refractivity contribution is 5.77. The van der Waals surface area contributed by atoms with Crippen molar-refractivity contribution >= 4 is 5.91 Å². The topological polar surface area (TPSA) is 29.5 Å². The van der Waals surface area contributed by atoms with Gasteiger partial charge in [0.2, 0.25) is 5.91 Å². The number of likely N-dealkylation sites (tertiary alicyclic amines) is 1. The fourth-order valence-electron chi connectivity index (χ4n) is 2.27. The molecular formula is C14H19NO2. The Morgan fingerprint density at radius 3 is 2.65 bits per heavy atom. The first-order chi connectivity index (χ1) is 8.20. The van der Waals surface area contributed by atoms with E-state index >= 15 is 0 Å². The average molecular weight is 233 g/mol. The van der Waals surface area contributed by atoms with Crippen LogP contribution in [0, 0.1) is 0 Å². The summed E-state index contributed by atoms with van der Waals surface area (Å²) >= 11 is 0. The number of ether oxygens (including phenoxy) is 1. The Bertz CT molecular complexity index is 386. The molecule has 17 heavy (non-hydrogen) atoms. The SMILES string of the molecule is COc1ccc(CN2C(=O)CCCC2C)cc1. The molecule has 1 aliphatic rings. The van der Waals surface area contributed by atoms with Crippen LogP contribution in [0.3, 0.4) is 0 Å². The maximum absolute atomic E-state index is 11.8. The number of benzene rings is 1. The molecule has 0 N–H and O–H groups in total. The Kier molecular flexibility index (Phi) is 3.67. The zero-order chi connectivity index (χ0) is 12.3. The molecule has 1 saturated heterocycles. The Morgan fingerprint density at radius 2 is 2.06 bits per heavy atom. The highest BCUT2D eigenvalue weighted by Crippen LogP contribution is 2.21. The number of hydrogen-bond acceptors (Lipinski definition) is 2. The van der Waals surface area contributed by atoms with Crippen LogP contribution in [-0.2, 0) is 11.3 Å². The van der Waals surface area contributed by atoms with Gasteiger partial charge in [-0.05, 0) is 37.5 Å². The monoisotopic (exact) mass is 233 g/mol. The molecule has 92 valence electrons. The Morgan fingerprint density at radius 1 is 1.35 bits per heavy atom. The fraction of sp³-hybridized carbons (Fsp3) is 0.500. The third-order valence-electron chi connectivity index (χ3n) is 3.38. The first-order valence-corrected chi connectivity index (χ1v) is 6.13. The quantitative estimate of drug-likeness (QED) is 0.803. The molecule has 0 aliphatic carbocycles. The molecule has 3 heteroatoms. The van der Waals surface area contributed by atoms with Gasteiger partial charge in [0.05, 0.1) is 7.11 Å². The van der Waals surface area contributed by atoms with E-state index in [2.05, 4.69) is 6.92 Å². The average Bonchev–Trinajstić information content (AvgIpc) is 2.35. The van der Waals surface area contributed by atoms with E-state index in [1.165, 1.54) is 0 Å². The summed E-state index contributed by atoms with van der Waals surface area (Å²) < 4.78 is 5.12. The smallest absolute Gasteiger partial charge is 0.223 e. The van der Waals surface area contributed by atoms with Crippen LogP contribution in [0.15, 0.2) is 24.3 Å². The van der Waals surface area contributed by atoms with Crippen molar-refractivity contribution < 1.29 is 9.53 Å². The molecule has 3 nitrogen and oxygen atoms in total. The summed E-state index contributed by atoms with van der Waals surface area (Å²) in [6, 6.07) is 8.28. The molecule has 0 spiro atoms. The van der Waals surface area contributed by atoms with Gasteiger partial charge in [0, 0.05) is 19.0 Å².